The van der Waals surface area contributed by atoms with Crippen molar-refractivity contribution in [2.45, 2.75) is 25.3 Å². The van der Waals surface area contributed by atoms with E-state index in [1.165, 1.54) is 12.4 Å². The largest absolute Gasteiger partial charge is 0.326 e. The molecular weight excluding hydrogens is 225 g/mol. The Hall–Kier alpha value is -1.82. The molecule has 0 bridgehead atoms. The lowest BCUT2D eigenvalue weighted by Gasteiger charge is -2.21. The van der Waals surface area contributed by atoms with Crippen LogP contribution in [0.3, 0.4) is 0 Å². The third-order valence-corrected chi connectivity index (χ3v) is 2.81. The topological polar surface area (TPSA) is 85.1 Å². The van der Waals surface area contributed by atoms with Gasteiger partial charge in [0.05, 0.1) is 5.92 Å². The van der Waals surface area contributed by atoms with E-state index in [9.17, 15) is 14.0 Å². The number of amides is 2. The molecule has 0 radical (unpaired) electrons. The second kappa shape index (κ2) is 4.58. The summed E-state index contributed by atoms with van der Waals surface area (Å²) in [5.74, 6) is -1.96. The van der Waals surface area contributed by atoms with E-state index in [-0.39, 0.29) is 30.0 Å². The van der Waals surface area contributed by atoms with E-state index < -0.39 is 17.6 Å². The third-order valence-electron chi connectivity index (χ3n) is 2.81. The maximum Gasteiger partial charge on any atom is 0.234 e. The Balaban J connectivity index is 2.34. The number of halogens is 1. The molecule has 1 unspecified atom stereocenters. The Morgan fingerprint density at radius 2 is 2.24 bits per heavy atom. The standard InChI is InChI=1S/C11H12FN3O2/c12-10-6(3-13)4-14-5-8(10)7-1-2-9(16)15-11(7)17/h4-5,7H,1-3,13H2,(H,15,16,17). The van der Waals surface area contributed by atoms with Crippen LogP contribution in [0.1, 0.15) is 29.9 Å². The minimum atomic E-state index is -0.660. The average Bonchev–Trinajstić information content (AvgIpc) is 2.30. The van der Waals surface area contributed by atoms with E-state index in [0.29, 0.717) is 6.42 Å². The molecule has 5 nitrogen and oxygen atoms in total. The lowest BCUT2D eigenvalue weighted by Crippen LogP contribution is -2.39. The zero-order chi connectivity index (χ0) is 12.4. The molecule has 3 N–H and O–H groups in total. The zero-order valence-electron chi connectivity index (χ0n) is 9.07. The molecule has 2 amide bonds. The number of nitrogens with two attached hydrogens (primary N) is 1. The van der Waals surface area contributed by atoms with Gasteiger partial charge in [-0.05, 0) is 6.42 Å². The molecule has 2 rings (SSSR count). The fourth-order valence-corrected chi connectivity index (χ4v) is 1.88. The molecule has 1 atom stereocenters. The van der Waals surface area contributed by atoms with Crippen molar-refractivity contribution < 1.29 is 14.0 Å². The molecule has 0 aliphatic carbocycles. The van der Waals surface area contributed by atoms with Gasteiger partial charge in [0, 0.05) is 36.5 Å². The van der Waals surface area contributed by atoms with Crippen molar-refractivity contribution >= 4 is 11.8 Å². The van der Waals surface area contributed by atoms with Gasteiger partial charge in [-0.15, -0.1) is 0 Å². The van der Waals surface area contributed by atoms with Crippen molar-refractivity contribution in [1.29, 1.82) is 0 Å². The van der Waals surface area contributed by atoms with Gasteiger partial charge in [0.25, 0.3) is 0 Å². The Morgan fingerprint density at radius 3 is 2.88 bits per heavy atom. The minimum Gasteiger partial charge on any atom is -0.326 e. The first-order chi connectivity index (χ1) is 8.13. The Bertz CT molecular complexity index is 476. The molecule has 0 spiro atoms. The average molecular weight is 237 g/mol. The summed E-state index contributed by atoms with van der Waals surface area (Å²) < 4.78 is 13.9. The number of nitrogens with zero attached hydrogens (tertiary/aromatic N) is 1. The van der Waals surface area contributed by atoms with Crippen molar-refractivity contribution in [2.75, 3.05) is 0 Å². The molecule has 0 aromatic carbocycles. The van der Waals surface area contributed by atoms with Gasteiger partial charge in [-0.25, -0.2) is 4.39 Å². The monoisotopic (exact) mass is 237 g/mol. The smallest absolute Gasteiger partial charge is 0.234 e. The number of rotatable bonds is 2. The number of hydrogen-bond acceptors (Lipinski definition) is 4. The third kappa shape index (κ3) is 2.16. The molecular formula is C11H12FN3O2. The van der Waals surface area contributed by atoms with Crippen LogP contribution in [0.5, 0.6) is 0 Å². The van der Waals surface area contributed by atoms with Crippen LogP contribution in [0.15, 0.2) is 12.4 Å². The molecule has 1 aliphatic heterocycles. The highest BCUT2D eigenvalue weighted by atomic mass is 19.1. The molecule has 6 heteroatoms. The van der Waals surface area contributed by atoms with Gasteiger partial charge in [-0.3, -0.25) is 19.9 Å². The van der Waals surface area contributed by atoms with Crippen molar-refractivity contribution in [3.8, 4) is 0 Å². The van der Waals surface area contributed by atoms with Crippen LogP contribution in [0.25, 0.3) is 0 Å². The van der Waals surface area contributed by atoms with Crippen LogP contribution in [0, 0.1) is 5.82 Å². The number of nitrogens with one attached hydrogen (secondary N) is 1. The summed E-state index contributed by atoms with van der Waals surface area (Å²) in [5.41, 5.74) is 5.85. The quantitative estimate of drug-likeness (QED) is 0.719. The van der Waals surface area contributed by atoms with Gasteiger partial charge >= 0.3 is 0 Å². The van der Waals surface area contributed by atoms with E-state index in [1.54, 1.807) is 0 Å². The second-order valence-corrected chi connectivity index (χ2v) is 3.91. The van der Waals surface area contributed by atoms with Crippen molar-refractivity contribution in [3.63, 3.8) is 0 Å². The number of imide groups is 1. The number of piperidine rings is 1. The van der Waals surface area contributed by atoms with Crippen LogP contribution >= 0.6 is 0 Å². The van der Waals surface area contributed by atoms with E-state index in [2.05, 4.69) is 10.3 Å². The van der Waals surface area contributed by atoms with Gasteiger partial charge in [0.15, 0.2) is 0 Å². The highest BCUT2D eigenvalue weighted by Gasteiger charge is 2.30. The Morgan fingerprint density at radius 1 is 1.47 bits per heavy atom. The number of pyridine rings is 1. The number of hydrogen-bond donors (Lipinski definition) is 2. The van der Waals surface area contributed by atoms with Gasteiger partial charge in [-0.2, -0.15) is 0 Å². The Kier molecular flexibility index (Phi) is 3.14. The maximum atomic E-state index is 13.9. The predicted molar refractivity (Wildman–Crippen MR) is 57.2 cm³/mol. The molecule has 2 heterocycles. The summed E-state index contributed by atoms with van der Waals surface area (Å²) in [5, 5.41) is 2.19. The fourth-order valence-electron chi connectivity index (χ4n) is 1.88. The normalized spacial score (nSPS) is 20.2. The van der Waals surface area contributed by atoms with Gasteiger partial charge in [-0.1, -0.05) is 0 Å². The van der Waals surface area contributed by atoms with Crippen LogP contribution in [0.4, 0.5) is 4.39 Å². The maximum absolute atomic E-state index is 13.9. The summed E-state index contributed by atoms with van der Waals surface area (Å²) in [6, 6.07) is 0. The Labute approximate surface area is 97.2 Å². The predicted octanol–water partition coefficient (Wildman–Crippen LogP) is 0.200. The first-order valence-electron chi connectivity index (χ1n) is 5.29. The summed E-state index contributed by atoms with van der Waals surface area (Å²) in [7, 11) is 0. The van der Waals surface area contributed by atoms with Crippen LogP contribution in [-0.4, -0.2) is 16.8 Å². The minimum absolute atomic E-state index is 0.0277. The SMILES string of the molecule is NCc1cncc(C2CCC(=O)NC2=O)c1F. The van der Waals surface area contributed by atoms with Gasteiger partial charge in [0.1, 0.15) is 5.82 Å². The van der Waals surface area contributed by atoms with Crippen molar-refractivity contribution in [2.24, 2.45) is 5.73 Å². The fraction of sp³-hybridized carbons (Fsp3) is 0.364. The molecule has 1 aromatic heterocycles. The van der Waals surface area contributed by atoms with Crippen molar-refractivity contribution in [1.82, 2.24) is 10.3 Å². The van der Waals surface area contributed by atoms with E-state index in [0.717, 1.165) is 0 Å². The summed E-state index contributed by atoms with van der Waals surface area (Å²) in [6.07, 6.45) is 3.17. The number of aromatic nitrogens is 1. The number of carbonyl (C=O) groups excluding carboxylic acids is 2. The molecule has 1 fully saturated rings. The zero-order valence-corrected chi connectivity index (χ0v) is 9.07. The summed E-state index contributed by atoms with van der Waals surface area (Å²) in [4.78, 5) is 26.5. The lowest BCUT2D eigenvalue weighted by molar-refractivity contribution is -0.134. The van der Waals surface area contributed by atoms with Gasteiger partial charge in [0.2, 0.25) is 11.8 Å². The first-order valence-corrected chi connectivity index (χ1v) is 5.29. The molecule has 0 saturated carbocycles. The van der Waals surface area contributed by atoms with Crippen molar-refractivity contribution in [3.05, 3.63) is 29.3 Å². The molecule has 1 aromatic rings. The highest BCUT2D eigenvalue weighted by Crippen LogP contribution is 2.27. The first kappa shape index (κ1) is 11.7. The molecule has 1 saturated heterocycles. The summed E-state index contributed by atoms with van der Waals surface area (Å²) in [6.45, 7) is 0.0277. The molecule has 90 valence electrons. The number of carbonyl (C=O) groups is 2. The molecule has 1 aliphatic rings. The van der Waals surface area contributed by atoms with E-state index in [1.807, 2.05) is 0 Å². The van der Waals surface area contributed by atoms with Crippen LogP contribution in [0.2, 0.25) is 0 Å². The van der Waals surface area contributed by atoms with Crippen LogP contribution in [-0.2, 0) is 16.1 Å². The lowest BCUT2D eigenvalue weighted by atomic mass is 9.90. The molecule has 17 heavy (non-hydrogen) atoms. The van der Waals surface area contributed by atoms with E-state index >= 15 is 0 Å². The van der Waals surface area contributed by atoms with Gasteiger partial charge < -0.3 is 5.73 Å². The highest BCUT2D eigenvalue weighted by molar-refractivity contribution is 6.00. The second-order valence-electron chi connectivity index (χ2n) is 3.91. The van der Waals surface area contributed by atoms with E-state index in [4.69, 9.17) is 5.73 Å². The van der Waals surface area contributed by atoms with Crippen LogP contribution < -0.4 is 11.1 Å². The summed E-state index contributed by atoms with van der Waals surface area (Å²) >= 11 is 0.